The monoisotopic (exact) mass is 311 g/mol. The van der Waals surface area contributed by atoms with E-state index in [0.717, 1.165) is 36.4 Å². The predicted octanol–water partition coefficient (Wildman–Crippen LogP) is 1.35. The van der Waals surface area contributed by atoms with Crippen LogP contribution in [-0.2, 0) is 0 Å². The van der Waals surface area contributed by atoms with E-state index in [1.165, 1.54) is 6.07 Å². The molecule has 3 aromatic heterocycles. The second kappa shape index (κ2) is 4.61. The molecule has 2 saturated heterocycles. The first kappa shape index (κ1) is 12.7. The molecule has 116 valence electrons. The molecule has 0 radical (unpaired) electrons. The summed E-state index contributed by atoms with van der Waals surface area (Å²) in [6.07, 6.45) is 5.94. The maximum atomic E-state index is 14.0. The van der Waals surface area contributed by atoms with E-state index in [9.17, 15) is 4.39 Å². The van der Waals surface area contributed by atoms with Crippen LogP contribution in [0.5, 0.6) is 0 Å². The van der Waals surface area contributed by atoms with Gasteiger partial charge in [-0.05, 0) is 18.6 Å². The van der Waals surface area contributed by atoms with Gasteiger partial charge in [0.1, 0.15) is 12.1 Å². The van der Waals surface area contributed by atoms with Crippen molar-refractivity contribution in [3.05, 3.63) is 36.7 Å². The summed E-state index contributed by atoms with van der Waals surface area (Å²) in [7, 11) is 0. The van der Waals surface area contributed by atoms with Crippen LogP contribution in [0.1, 0.15) is 6.42 Å². The number of nitrogens with zero attached hydrogens (tertiary/aromatic N) is 6. The lowest BCUT2D eigenvalue weighted by Crippen LogP contribution is -2.47. The van der Waals surface area contributed by atoms with Gasteiger partial charge in [0, 0.05) is 19.3 Å². The predicted molar refractivity (Wildman–Crippen MR) is 82.8 cm³/mol. The molecule has 2 unspecified atom stereocenters. The van der Waals surface area contributed by atoms with E-state index in [1.807, 2.05) is 0 Å². The number of piperazine rings is 1. The van der Waals surface area contributed by atoms with Crippen molar-refractivity contribution in [3.8, 4) is 0 Å². The van der Waals surface area contributed by atoms with Gasteiger partial charge in [-0.3, -0.25) is 5.10 Å². The molecule has 2 aliphatic rings. The second-order valence-corrected chi connectivity index (χ2v) is 5.99. The summed E-state index contributed by atoms with van der Waals surface area (Å²) in [5.74, 6) is 1.10. The molecule has 0 amide bonds. The van der Waals surface area contributed by atoms with Gasteiger partial charge in [-0.25, -0.2) is 19.3 Å². The maximum Gasteiger partial charge on any atom is 0.165 e. The highest BCUT2D eigenvalue weighted by molar-refractivity contribution is 5.86. The number of H-pyrrole nitrogens is 1. The molecule has 3 aromatic rings. The number of nitrogens with one attached hydrogen (secondary N) is 1. The van der Waals surface area contributed by atoms with Gasteiger partial charge in [-0.1, -0.05) is 0 Å². The Labute approximate surface area is 131 Å². The minimum absolute atomic E-state index is 0.251. The number of hydrogen-bond donors (Lipinski definition) is 1. The third-order valence-corrected chi connectivity index (χ3v) is 4.75. The van der Waals surface area contributed by atoms with Crippen molar-refractivity contribution in [1.29, 1.82) is 0 Å². The van der Waals surface area contributed by atoms with Gasteiger partial charge in [0.15, 0.2) is 17.3 Å². The molecule has 2 fully saturated rings. The Morgan fingerprint density at radius 1 is 1.09 bits per heavy atom. The van der Waals surface area contributed by atoms with Gasteiger partial charge in [0.2, 0.25) is 0 Å². The quantitative estimate of drug-likeness (QED) is 0.770. The number of pyridine rings is 1. The SMILES string of the molecule is Fc1cccnc1N1CC2CC1CN2c1ncnc2[nH]ncc12. The first-order valence-corrected chi connectivity index (χ1v) is 7.59. The highest BCUT2D eigenvalue weighted by atomic mass is 19.1. The second-order valence-electron chi connectivity index (χ2n) is 5.99. The van der Waals surface area contributed by atoms with E-state index in [2.05, 4.69) is 34.9 Å². The number of halogens is 1. The van der Waals surface area contributed by atoms with Crippen LogP contribution in [0.2, 0.25) is 0 Å². The van der Waals surface area contributed by atoms with Crippen LogP contribution in [0.3, 0.4) is 0 Å². The summed E-state index contributed by atoms with van der Waals surface area (Å²) >= 11 is 0. The Kier molecular flexibility index (Phi) is 2.55. The van der Waals surface area contributed by atoms with E-state index in [0.29, 0.717) is 11.9 Å². The van der Waals surface area contributed by atoms with Crippen LogP contribution in [0.15, 0.2) is 30.9 Å². The standard InChI is InChI=1S/C15H14FN7/c16-12-2-1-3-17-15(12)23-7-9-4-10(23)6-22(9)14-11-5-20-21-13(11)18-8-19-14/h1-3,5,8-10H,4,6-7H2,(H,18,19,20,21). The first-order chi connectivity index (χ1) is 11.3. The van der Waals surface area contributed by atoms with Crippen LogP contribution < -0.4 is 9.80 Å². The van der Waals surface area contributed by atoms with E-state index in [-0.39, 0.29) is 11.9 Å². The Morgan fingerprint density at radius 3 is 2.70 bits per heavy atom. The highest BCUT2D eigenvalue weighted by Gasteiger charge is 2.45. The minimum Gasteiger partial charge on any atom is -0.349 e. The molecule has 5 heterocycles. The fourth-order valence-electron chi connectivity index (χ4n) is 3.76. The van der Waals surface area contributed by atoms with E-state index < -0.39 is 0 Å². The van der Waals surface area contributed by atoms with Crippen LogP contribution in [0, 0.1) is 5.82 Å². The Morgan fingerprint density at radius 2 is 1.91 bits per heavy atom. The molecule has 2 bridgehead atoms. The molecule has 1 N–H and O–H groups in total. The van der Waals surface area contributed by atoms with Crippen molar-refractivity contribution in [1.82, 2.24) is 25.1 Å². The molecule has 0 aromatic carbocycles. The molecule has 0 aliphatic carbocycles. The Hall–Kier alpha value is -2.77. The highest BCUT2D eigenvalue weighted by Crippen LogP contribution is 2.38. The average molecular weight is 311 g/mol. The van der Waals surface area contributed by atoms with Crippen LogP contribution in [0.4, 0.5) is 16.0 Å². The van der Waals surface area contributed by atoms with Crippen LogP contribution in [0.25, 0.3) is 11.0 Å². The summed E-state index contributed by atoms with van der Waals surface area (Å²) in [4.78, 5) is 17.2. The van der Waals surface area contributed by atoms with Crippen LogP contribution in [-0.4, -0.2) is 50.3 Å². The zero-order chi connectivity index (χ0) is 15.4. The topological polar surface area (TPSA) is 73.8 Å². The number of aromatic amines is 1. The number of rotatable bonds is 2. The fraction of sp³-hybridized carbons (Fsp3) is 0.333. The minimum atomic E-state index is -0.258. The number of aromatic nitrogens is 5. The van der Waals surface area contributed by atoms with Crippen molar-refractivity contribution in [2.45, 2.75) is 18.5 Å². The molecule has 0 saturated carbocycles. The lowest BCUT2D eigenvalue weighted by atomic mass is 10.2. The first-order valence-electron chi connectivity index (χ1n) is 7.59. The van der Waals surface area contributed by atoms with Crippen molar-refractivity contribution in [3.63, 3.8) is 0 Å². The van der Waals surface area contributed by atoms with Crippen LogP contribution >= 0.6 is 0 Å². The van der Waals surface area contributed by atoms with Gasteiger partial charge in [-0.15, -0.1) is 0 Å². The summed E-state index contributed by atoms with van der Waals surface area (Å²) < 4.78 is 14.0. The third kappa shape index (κ3) is 1.81. The normalized spacial score (nSPS) is 23.2. The van der Waals surface area contributed by atoms with E-state index in [1.54, 1.807) is 24.8 Å². The summed E-state index contributed by atoms with van der Waals surface area (Å²) in [6, 6.07) is 3.64. The van der Waals surface area contributed by atoms with Crippen molar-refractivity contribution >= 4 is 22.7 Å². The Balaban J connectivity index is 1.47. The third-order valence-electron chi connectivity index (χ3n) is 4.75. The summed E-state index contributed by atoms with van der Waals surface area (Å²) in [5, 5.41) is 7.84. The van der Waals surface area contributed by atoms with Gasteiger partial charge < -0.3 is 9.80 Å². The molecule has 23 heavy (non-hydrogen) atoms. The molecule has 2 aliphatic heterocycles. The van der Waals surface area contributed by atoms with Crippen molar-refractivity contribution in [2.75, 3.05) is 22.9 Å². The Bertz CT molecular complexity index is 879. The van der Waals surface area contributed by atoms with E-state index in [4.69, 9.17) is 0 Å². The zero-order valence-corrected chi connectivity index (χ0v) is 12.2. The zero-order valence-electron chi connectivity index (χ0n) is 12.2. The van der Waals surface area contributed by atoms with Crippen molar-refractivity contribution < 1.29 is 4.39 Å². The van der Waals surface area contributed by atoms with Crippen molar-refractivity contribution in [2.24, 2.45) is 0 Å². The molecule has 8 heteroatoms. The fourth-order valence-corrected chi connectivity index (χ4v) is 3.76. The lowest BCUT2D eigenvalue weighted by molar-refractivity contribution is 0.584. The average Bonchev–Trinajstić information content (AvgIpc) is 3.29. The van der Waals surface area contributed by atoms with Gasteiger partial charge in [0.25, 0.3) is 0 Å². The molecule has 7 nitrogen and oxygen atoms in total. The molecule has 2 atom stereocenters. The lowest BCUT2D eigenvalue weighted by Gasteiger charge is -2.35. The molecule has 5 rings (SSSR count). The molecular weight excluding hydrogens is 297 g/mol. The largest absolute Gasteiger partial charge is 0.349 e. The van der Waals surface area contributed by atoms with Gasteiger partial charge >= 0.3 is 0 Å². The molecule has 0 spiro atoms. The number of anilines is 2. The van der Waals surface area contributed by atoms with Gasteiger partial charge in [0.05, 0.1) is 23.7 Å². The van der Waals surface area contributed by atoms with E-state index >= 15 is 0 Å². The smallest absolute Gasteiger partial charge is 0.165 e. The number of fused-ring (bicyclic) bond motifs is 3. The summed E-state index contributed by atoms with van der Waals surface area (Å²) in [6.45, 7) is 1.56. The number of hydrogen-bond acceptors (Lipinski definition) is 6. The summed E-state index contributed by atoms with van der Waals surface area (Å²) in [5.41, 5.74) is 0.741. The van der Waals surface area contributed by atoms with Gasteiger partial charge in [-0.2, -0.15) is 5.10 Å². The molecular formula is C15H14FN7. The maximum absolute atomic E-state index is 14.0.